The SMILES string of the molecule is CCc1cccc(Cc2ccc(C(=O)N(C)C)o2)c1. The topological polar surface area (TPSA) is 33.5 Å². The van der Waals surface area contributed by atoms with Crippen molar-refractivity contribution in [1.82, 2.24) is 4.90 Å². The number of hydrogen-bond acceptors (Lipinski definition) is 2. The van der Waals surface area contributed by atoms with E-state index >= 15 is 0 Å². The van der Waals surface area contributed by atoms with Gasteiger partial charge in [0.2, 0.25) is 0 Å². The van der Waals surface area contributed by atoms with Crippen molar-refractivity contribution in [3.05, 3.63) is 59.0 Å². The third-order valence-electron chi connectivity index (χ3n) is 3.06. The average molecular weight is 257 g/mol. The van der Waals surface area contributed by atoms with Crippen LogP contribution in [0.1, 0.15) is 34.4 Å². The monoisotopic (exact) mass is 257 g/mol. The van der Waals surface area contributed by atoms with E-state index in [0.29, 0.717) is 12.2 Å². The van der Waals surface area contributed by atoms with Crippen LogP contribution in [0, 0.1) is 0 Å². The lowest BCUT2D eigenvalue weighted by molar-refractivity contribution is 0.0795. The van der Waals surface area contributed by atoms with Gasteiger partial charge in [-0.05, 0) is 29.7 Å². The fourth-order valence-electron chi connectivity index (χ4n) is 1.97. The molecule has 0 aliphatic heterocycles. The molecule has 0 bridgehead atoms. The molecule has 19 heavy (non-hydrogen) atoms. The van der Waals surface area contributed by atoms with Gasteiger partial charge in [0.15, 0.2) is 5.76 Å². The summed E-state index contributed by atoms with van der Waals surface area (Å²) in [7, 11) is 3.44. The van der Waals surface area contributed by atoms with Crippen molar-refractivity contribution in [3.8, 4) is 0 Å². The van der Waals surface area contributed by atoms with E-state index in [2.05, 4.69) is 31.2 Å². The molecule has 2 rings (SSSR count). The summed E-state index contributed by atoms with van der Waals surface area (Å²) in [5, 5.41) is 0. The van der Waals surface area contributed by atoms with Crippen LogP contribution in [-0.4, -0.2) is 24.9 Å². The van der Waals surface area contributed by atoms with Crippen molar-refractivity contribution in [2.45, 2.75) is 19.8 Å². The number of rotatable bonds is 4. The van der Waals surface area contributed by atoms with Gasteiger partial charge in [-0.1, -0.05) is 31.2 Å². The smallest absolute Gasteiger partial charge is 0.289 e. The summed E-state index contributed by atoms with van der Waals surface area (Å²) < 4.78 is 5.59. The highest BCUT2D eigenvalue weighted by atomic mass is 16.4. The molecule has 0 aliphatic carbocycles. The lowest BCUT2D eigenvalue weighted by atomic mass is 10.1. The van der Waals surface area contributed by atoms with Gasteiger partial charge in [-0.3, -0.25) is 4.79 Å². The molecule has 0 saturated carbocycles. The van der Waals surface area contributed by atoms with E-state index in [1.54, 1.807) is 20.2 Å². The van der Waals surface area contributed by atoms with Crippen molar-refractivity contribution in [2.75, 3.05) is 14.1 Å². The second-order valence-corrected chi connectivity index (χ2v) is 4.82. The van der Waals surface area contributed by atoms with Crippen LogP contribution in [0.2, 0.25) is 0 Å². The van der Waals surface area contributed by atoms with Crippen LogP contribution in [-0.2, 0) is 12.8 Å². The van der Waals surface area contributed by atoms with Crippen molar-refractivity contribution in [2.24, 2.45) is 0 Å². The first-order valence-corrected chi connectivity index (χ1v) is 6.48. The third-order valence-corrected chi connectivity index (χ3v) is 3.06. The van der Waals surface area contributed by atoms with Gasteiger partial charge in [0.1, 0.15) is 5.76 Å². The standard InChI is InChI=1S/C16H19NO2/c1-4-12-6-5-7-13(10-12)11-14-8-9-15(19-14)16(18)17(2)3/h5-10H,4,11H2,1-3H3. The van der Waals surface area contributed by atoms with Crippen LogP contribution in [0.3, 0.4) is 0 Å². The maximum atomic E-state index is 11.7. The predicted octanol–water partition coefficient (Wildman–Crippen LogP) is 3.13. The zero-order valence-corrected chi connectivity index (χ0v) is 11.6. The molecule has 0 spiro atoms. The van der Waals surface area contributed by atoms with E-state index < -0.39 is 0 Å². The van der Waals surface area contributed by atoms with E-state index in [-0.39, 0.29) is 5.91 Å². The lowest BCUT2D eigenvalue weighted by Gasteiger charge is -2.06. The van der Waals surface area contributed by atoms with E-state index in [1.165, 1.54) is 16.0 Å². The van der Waals surface area contributed by atoms with Gasteiger partial charge in [-0.15, -0.1) is 0 Å². The van der Waals surface area contributed by atoms with Gasteiger partial charge in [0, 0.05) is 20.5 Å². The lowest BCUT2D eigenvalue weighted by Crippen LogP contribution is -2.20. The molecular formula is C16H19NO2. The van der Waals surface area contributed by atoms with E-state index in [4.69, 9.17) is 4.42 Å². The Labute approximate surface area is 113 Å². The molecule has 0 unspecified atom stereocenters. The van der Waals surface area contributed by atoms with Crippen molar-refractivity contribution >= 4 is 5.91 Å². The molecule has 1 amide bonds. The number of furan rings is 1. The quantitative estimate of drug-likeness (QED) is 0.843. The molecule has 0 radical (unpaired) electrons. The highest BCUT2D eigenvalue weighted by molar-refractivity contribution is 5.91. The molecule has 1 aromatic heterocycles. The molecule has 1 aromatic carbocycles. The van der Waals surface area contributed by atoms with Gasteiger partial charge in [0.05, 0.1) is 0 Å². The molecule has 0 atom stereocenters. The second-order valence-electron chi connectivity index (χ2n) is 4.82. The Hall–Kier alpha value is -2.03. The summed E-state index contributed by atoms with van der Waals surface area (Å²) >= 11 is 0. The molecule has 0 N–H and O–H groups in total. The first-order chi connectivity index (χ1) is 9.10. The van der Waals surface area contributed by atoms with Crippen LogP contribution in [0.4, 0.5) is 0 Å². The zero-order chi connectivity index (χ0) is 13.8. The summed E-state index contributed by atoms with van der Waals surface area (Å²) in [4.78, 5) is 13.3. The largest absolute Gasteiger partial charge is 0.456 e. The minimum absolute atomic E-state index is 0.103. The Bertz CT molecular complexity index is 570. The number of amides is 1. The van der Waals surface area contributed by atoms with Crippen molar-refractivity contribution in [3.63, 3.8) is 0 Å². The summed E-state index contributed by atoms with van der Waals surface area (Å²) in [6.07, 6.45) is 1.74. The number of benzene rings is 1. The van der Waals surface area contributed by atoms with Gasteiger partial charge in [-0.2, -0.15) is 0 Å². The van der Waals surface area contributed by atoms with Gasteiger partial charge in [-0.25, -0.2) is 0 Å². The van der Waals surface area contributed by atoms with Crippen LogP contribution >= 0.6 is 0 Å². The molecule has 0 fully saturated rings. The summed E-state index contributed by atoms with van der Waals surface area (Å²) in [6.45, 7) is 2.14. The normalized spacial score (nSPS) is 10.5. The fourth-order valence-corrected chi connectivity index (χ4v) is 1.97. The number of hydrogen-bond donors (Lipinski definition) is 0. The van der Waals surface area contributed by atoms with Gasteiger partial charge in [0.25, 0.3) is 5.91 Å². The minimum atomic E-state index is -0.103. The molecule has 0 aliphatic rings. The van der Waals surface area contributed by atoms with Crippen LogP contribution in [0.15, 0.2) is 40.8 Å². The predicted molar refractivity (Wildman–Crippen MR) is 75.4 cm³/mol. The van der Waals surface area contributed by atoms with E-state index in [9.17, 15) is 4.79 Å². The number of carbonyl (C=O) groups is 1. The van der Waals surface area contributed by atoms with Crippen molar-refractivity contribution < 1.29 is 9.21 Å². The van der Waals surface area contributed by atoms with E-state index in [1.807, 2.05) is 6.07 Å². The molecule has 3 nitrogen and oxygen atoms in total. The second kappa shape index (κ2) is 5.74. The van der Waals surface area contributed by atoms with Crippen LogP contribution in [0.5, 0.6) is 0 Å². The molecule has 0 saturated heterocycles. The summed E-state index contributed by atoms with van der Waals surface area (Å²) in [5.74, 6) is 1.11. The Morgan fingerprint density at radius 3 is 2.58 bits per heavy atom. The van der Waals surface area contributed by atoms with Gasteiger partial charge >= 0.3 is 0 Å². The number of nitrogens with zero attached hydrogens (tertiary/aromatic N) is 1. The first kappa shape index (κ1) is 13.4. The highest BCUT2D eigenvalue weighted by Crippen LogP contribution is 2.15. The van der Waals surface area contributed by atoms with Crippen molar-refractivity contribution in [1.29, 1.82) is 0 Å². The minimum Gasteiger partial charge on any atom is -0.456 e. The van der Waals surface area contributed by atoms with Crippen LogP contribution < -0.4 is 0 Å². The fraction of sp³-hybridized carbons (Fsp3) is 0.312. The first-order valence-electron chi connectivity index (χ1n) is 6.48. The Kier molecular flexibility index (Phi) is 4.05. The van der Waals surface area contributed by atoms with E-state index in [0.717, 1.165) is 12.2 Å². The summed E-state index contributed by atoms with van der Waals surface area (Å²) in [5.41, 5.74) is 2.52. The van der Waals surface area contributed by atoms with Gasteiger partial charge < -0.3 is 9.32 Å². The maximum Gasteiger partial charge on any atom is 0.289 e. The Morgan fingerprint density at radius 1 is 1.16 bits per heavy atom. The summed E-state index contributed by atoms with van der Waals surface area (Å²) in [6, 6.07) is 12.0. The maximum absolute atomic E-state index is 11.7. The van der Waals surface area contributed by atoms with Crippen LogP contribution in [0.25, 0.3) is 0 Å². The molecule has 1 heterocycles. The number of carbonyl (C=O) groups excluding carboxylic acids is 1. The Balaban J connectivity index is 2.13. The zero-order valence-electron chi connectivity index (χ0n) is 11.6. The molecule has 2 aromatic rings. The molecular weight excluding hydrogens is 238 g/mol. The molecule has 100 valence electrons. The molecule has 3 heteroatoms. The highest BCUT2D eigenvalue weighted by Gasteiger charge is 2.13. The third kappa shape index (κ3) is 3.25. The average Bonchev–Trinajstić information content (AvgIpc) is 2.86. The Morgan fingerprint density at radius 2 is 1.89 bits per heavy atom. The number of aryl methyl sites for hydroxylation is 1.